The van der Waals surface area contributed by atoms with Crippen molar-refractivity contribution in [3.63, 3.8) is 0 Å². The Kier molecular flexibility index (Phi) is 49.0. The zero-order valence-corrected chi connectivity index (χ0v) is 41.5. The number of allylic oxidation sites excluding steroid dienone is 16. The maximum atomic E-state index is 12.8. The molecule has 0 aliphatic heterocycles. The Hall–Kier alpha value is -3.67. The van der Waals surface area contributed by atoms with E-state index in [4.69, 9.17) is 14.2 Å². The number of unbranched alkanes of at least 4 members (excludes halogenated alkanes) is 21. The lowest BCUT2D eigenvalue weighted by molar-refractivity contribution is -0.167. The second kappa shape index (κ2) is 52.0. The molecule has 0 bridgehead atoms. The summed E-state index contributed by atoms with van der Waals surface area (Å²) in [6.45, 7) is 6.33. The van der Waals surface area contributed by atoms with Crippen molar-refractivity contribution in [2.45, 2.75) is 239 Å². The fourth-order valence-electron chi connectivity index (χ4n) is 7.01. The molecule has 0 amide bonds. The van der Waals surface area contributed by atoms with Crippen LogP contribution >= 0.6 is 0 Å². The maximum absolute atomic E-state index is 12.8. The molecule has 1 unspecified atom stereocenters. The van der Waals surface area contributed by atoms with E-state index in [-0.39, 0.29) is 37.5 Å². The molecule has 0 aliphatic rings. The molecule has 6 heteroatoms. The average molecular weight is 889 g/mol. The van der Waals surface area contributed by atoms with E-state index in [2.05, 4.69) is 118 Å². The summed E-state index contributed by atoms with van der Waals surface area (Å²) in [5.74, 6) is -0.973. The lowest BCUT2D eigenvalue weighted by Crippen LogP contribution is -2.30. The Morgan fingerprint density at radius 3 is 1.17 bits per heavy atom. The van der Waals surface area contributed by atoms with Crippen molar-refractivity contribution < 1.29 is 28.6 Å². The molecule has 6 nitrogen and oxygen atoms in total. The summed E-state index contributed by atoms with van der Waals surface area (Å²) in [5.41, 5.74) is 0. The monoisotopic (exact) mass is 889 g/mol. The van der Waals surface area contributed by atoms with E-state index >= 15 is 0 Å². The van der Waals surface area contributed by atoms with Crippen molar-refractivity contribution >= 4 is 17.9 Å². The van der Waals surface area contributed by atoms with E-state index in [1.165, 1.54) is 89.9 Å². The Morgan fingerprint density at radius 2 is 0.703 bits per heavy atom. The smallest absolute Gasteiger partial charge is 0.306 e. The Bertz CT molecular complexity index is 1300. The highest BCUT2D eigenvalue weighted by Crippen LogP contribution is 2.15. The van der Waals surface area contributed by atoms with Gasteiger partial charge in [-0.3, -0.25) is 14.4 Å². The quantitative estimate of drug-likeness (QED) is 0.0199. The molecule has 0 aromatic heterocycles. The van der Waals surface area contributed by atoms with Crippen LogP contribution in [0.5, 0.6) is 0 Å². The lowest BCUT2D eigenvalue weighted by atomic mass is 10.0. The molecule has 0 aromatic carbocycles. The summed E-state index contributed by atoms with van der Waals surface area (Å²) in [6.07, 6.45) is 68.2. The van der Waals surface area contributed by atoms with Crippen LogP contribution in [0.25, 0.3) is 0 Å². The van der Waals surface area contributed by atoms with Crippen LogP contribution < -0.4 is 0 Å². The first-order valence-electron chi connectivity index (χ1n) is 26.3. The number of rotatable bonds is 46. The van der Waals surface area contributed by atoms with Gasteiger partial charge in [0.05, 0.1) is 0 Å². The molecule has 0 heterocycles. The van der Waals surface area contributed by atoms with Crippen molar-refractivity contribution in [3.05, 3.63) is 97.2 Å². The molecular weight excluding hydrogens is 793 g/mol. The second-order valence-corrected chi connectivity index (χ2v) is 17.1. The average Bonchev–Trinajstić information content (AvgIpc) is 3.29. The van der Waals surface area contributed by atoms with Gasteiger partial charge in [-0.1, -0.05) is 234 Å². The second-order valence-electron chi connectivity index (χ2n) is 17.1. The van der Waals surface area contributed by atoms with Crippen LogP contribution in [0, 0.1) is 0 Å². The number of carbonyl (C=O) groups is 3. The molecule has 0 rings (SSSR count). The zero-order chi connectivity index (χ0) is 46.5. The van der Waals surface area contributed by atoms with E-state index in [0.717, 1.165) is 96.3 Å². The molecule has 0 aliphatic carbocycles. The van der Waals surface area contributed by atoms with Crippen LogP contribution in [-0.2, 0) is 28.6 Å². The van der Waals surface area contributed by atoms with Gasteiger partial charge in [-0.25, -0.2) is 0 Å². The van der Waals surface area contributed by atoms with Gasteiger partial charge in [0.15, 0.2) is 6.10 Å². The van der Waals surface area contributed by atoms with Crippen LogP contribution in [0.4, 0.5) is 0 Å². The van der Waals surface area contributed by atoms with Crippen molar-refractivity contribution in [1.29, 1.82) is 0 Å². The molecule has 0 radical (unpaired) electrons. The topological polar surface area (TPSA) is 78.9 Å². The summed E-state index contributed by atoms with van der Waals surface area (Å²) in [6, 6.07) is 0. The molecule has 0 saturated heterocycles. The van der Waals surface area contributed by atoms with Crippen LogP contribution in [0.15, 0.2) is 97.2 Å². The molecule has 64 heavy (non-hydrogen) atoms. The minimum atomic E-state index is -0.806. The number of hydrogen-bond donors (Lipinski definition) is 0. The third-order valence-corrected chi connectivity index (χ3v) is 10.9. The SMILES string of the molecule is CC\C=C/C=C\C=C/CCCCCCCCCC(=O)OC(COC(=O)CCC/C=C\C/C=C\C/C=C\C/C=C\C/C=C\CC)COC(=O)CCCCCCCCCCCCCCCC. The summed E-state index contributed by atoms with van der Waals surface area (Å²) in [7, 11) is 0. The Balaban J connectivity index is 4.49. The number of carbonyl (C=O) groups excluding carboxylic acids is 3. The van der Waals surface area contributed by atoms with E-state index in [1.807, 2.05) is 0 Å². The van der Waals surface area contributed by atoms with Crippen LogP contribution in [-0.4, -0.2) is 37.2 Å². The number of esters is 3. The molecule has 0 N–H and O–H groups in total. The first-order chi connectivity index (χ1) is 31.5. The molecular formula is C58H96O6. The molecule has 364 valence electrons. The minimum absolute atomic E-state index is 0.0993. The number of ether oxygens (including phenoxy) is 3. The van der Waals surface area contributed by atoms with Crippen LogP contribution in [0.2, 0.25) is 0 Å². The summed E-state index contributed by atoms with van der Waals surface area (Å²) < 4.78 is 16.8. The fourth-order valence-corrected chi connectivity index (χ4v) is 7.01. The van der Waals surface area contributed by atoms with Crippen molar-refractivity contribution in [3.8, 4) is 0 Å². The highest BCUT2D eigenvalue weighted by molar-refractivity contribution is 5.71. The molecule has 1 atom stereocenters. The fraction of sp³-hybridized carbons (Fsp3) is 0.672. The van der Waals surface area contributed by atoms with Gasteiger partial charge in [-0.05, 0) is 77.0 Å². The standard InChI is InChI=1S/C58H96O6/c1-4-7-10-13-16-19-22-25-28-29-31-33-36-39-42-45-48-51-57(60)63-54-55(53-62-56(59)50-47-44-41-38-35-32-27-24-21-18-15-12-9-6-3)64-58(61)52-49-46-43-40-37-34-30-26-23-20-17-14-11-8-5-2/h7-8,10-11,14,16-17,19-20,23,25,28,31,33,39,42,55H,4-6,9,12-13,15,18,21-22,24,26-27,29-30,32,34-38,40-41,43-54H2,1-3H3/b10-7-,11-8-,17-14-,19-16-,23-20-,28-25-,33-31-,42-39-. The van der Waals surface area contributed by atoms with E-state index in [0.29, 0.717) is 19.3 Å². The van der Waals surface area contributed by atoms with Gasteiger partial charge in [0.25, 0.3) is 0 Å². The van der Waals surface area contributed by atoms with E-state index in [9.17, 15) is 14.4 Å². The van der Waals surface area contributed by atoms with Gasteiger partial charge >= 0.3 is 17.9 Å². The molecule has 0 fully saturated rings. The Labute approximate surface area is 394 Å². The van der Waals surface area contributed by atoms with E-state index in [1.54, 1.807) is 0 Å². The summed E-state index contributed by atoms with van der Waals surface area (Å²) >= 11 is 0. The van der Waals surface area contributed by atoms with Gasteiger partial charge in [0, 0.05) is 19.3 Å². The molecule has 0 spiro atoms. The predicted molar refractivity (Wildman–Crippen MR) is 274 cm³/mol. The van der Waals surface area contributed by atoms with Crippen molar-refractivity contribution in [2.75, 3.05) is 13.2 Å². The van der Waals surface area contributed by atoms with Gasteiger partial charge in [-0.15, -0.1) is 0 Å². The number of hydrogen-bond acceptors (Lipinski definition) is 6. The lowest BCUT2D eigenvalue weighted by Gasteiger charge is -2.18. The highest BCUT2D eigenvalue weighted by atomic mass is 16.6. The van der Waals surface area contributed by atoms with E-state index < -0.39 is 6.10 Å². The minimum Gasteiger partial charge on any atom is -0.462 e. The molecule has 0 aromatic rings. The van der Waals surface area contributed by atoms with Gasteiger partial charge in [-0.2, -0.15) is 0 Å². The largest absolute Gasteiger partial charge is 0.462 e. The third-order valence-electron chi connectivity index (χ3n) is 10.9. The normalized spacial score (nSPS) is 12.9. The first-order valence-corrected chi connectivity index (χ1v) is 26.3. The van der Waals surface area contributed by atoms with Gasteiger partial charge in [0.2, 0.25) is 0 Å². The summed E-state index contributed by atoms with van der Waals surface area (Å²) in [4.78, 5) is 38.0. The van der Waals surface area contributed by atoms with Crippen LogP contribution in [0.3, 0.4) is 0 Å². The Morgan fingerprint density at radius 1 is 0.344 bits per heavy atom. The maximum Gasteiger partial charge on any atom is 0.306 e. The predicted octanol–water partition coefficient (Wildman–Crippen LogP) is 17.4. The van der Waals surface area contributed by atoms with Crippen molar-refractivity contribution in [2.24, 2.45) is 0 Å². The first kappa shape index (κ1) is 60.3. The third kappa shape index (κ3) is 49.3. The van der Waals surface area contributed by atoms with Gasteiger partial charge in [0.1, 0.15) is 13.2 Å². The molecule has 0 saturated carbocycles. The van der Waals surface area contributed by atoms with Crippen molar-refractivity contribution in [1.82, 2.24) is 0 Å². The van der Waals surface area contributed by atoms with Gasteiger partial charge < -0.3 is 14.2 Å². The highest BCUT2D eigenvalue weighted by Gasteiger charge is 2.19. The zero-order valence-electron chi connectivity index (χ0n) is 41.5. The summed E-state index contributed by atoms with van der Waals surface area (Å²) in [5, 5.41) is 0. The van der Waals surface area contributed by atoms with Crippen LogP contribution in [0.1, 0.15) is 233 Å².